The number of nitroso groups, excluding NO2 is 1. The Morgan fingerprint density at radius 3 is 3.30 bits per heavy atom. The first kappa shape index (κ1) is 11.8. The van der Waals surface area contributed by atoms with Gasteiger partial charge in [-0.25, -0.2) is 4.98 Å². The number of hydrogen-bond acceptors (Lipinski definition) is 5. The summed E-state index contributed by atoms with van der Waals surface area (Å²) in [6.45, 7) is 1.44. The lowest BCUT2D eigenvalue weighted by molar-refractivity contribution is -0.541. The van der Waals surface area contributed by atoms with E-state index in [9.17, 15) is 4.91 Å². The number of allylic oxidation sites excluding steroid dienone is 1. The summed E-state index contributed by atoms with van der Waals surface area (Å²) in [5.74, 6) is 0.828. The number of aromatic nitrogens is 1. The third-order valence-electron chi connectivity index (χ3n) is 3.77. The quantitative estimate of drug-likeness (QED) is 0.806. The molecule has 0 spiro atoms. The van der Waals surface area contributed by atoms with Crippen molar-refractivity contribution in [2.45, 2.75) is 18.9 Å². The second-order valence-corrected chi connectivity index (χ2v) is 5.87. The maximum atomic E-state index is 12.8. The van der Waals surface area contributed by atoms with E-state index in [0.29, 0.717) is 6.61 Å². The van der Waals surface area contributed by atoms with Crippen LogP contribution < -0.4 is 5.32 Å². The van der Waals surface area contributed by atoms with Gasteiger partial charge in [0.2, 0.25) is 0 Å². The molecule has 0 saturated carbocycles. The van der Waals surface area contributed by atoms with Gasteiger partial charge < -0.3 is 10.1 Å². The SMILES string of the molecule is O=[N+]1C2=C(NCCC2)C2=C(C=CCO2)C1c1nccs1. The van der Waals surface area contributed by atoms with E-state index >= 15 is 0 Å². The Bertz CT molecular complexity index is 658. The molecule has 1 unspecified atom stereocenters. The molecule has 0 bridgehead atoms. The topological polar surface area (TPSA) is 54.2 Å². The molecule has 3 aliphatic heterocycles. The Hall–Kier alpha value is -1.95. The zero-order valence-corrected chi connectivity index (χ0v) is 11.7. The lowest BCUT2D eigenvalue weighted by atomic mass is 9.94. The van der Waals surface area contributed by atoms with Crippen molar-refractivity contribution in [2.75, 3.05) is 13.2 Å². The van der Waals surface area contributed by atoms with Crippen LogP contribution in [0.25, 0.3) is 0 Å². The van der Waals surface area contributed by atoms with Gasteiger partial charge in [0, 0.05) is 29.4 Å². The molecule has 1 atom stereocenters. The summed E-state index contributed by atoms with van der Waals surface area (Å²) in [6.07, 6.45) is 7.44. The third kappa shape index (κ3) is 1.64. The average molecular weight is 288 g/mol. The number of nitrogens with zero attached hydrogens (tertiary/aromatic N) is 2. The minimum absolute atomic E-state index is 0.375. The molecule has 0 radical (unpaired) electrons. The van der Waals surface area contributed by atoms with Crippen LogP contribution >= 0.6 is 11.3 Å². The Morgan fingerprint density at radius 2 is 2.45 bits per heavy atom. The van der Waals surface area contributed by atoms with E-state index in [-0.39, 0.29) is 6.04 Å². The van der Waals surface area contributed by atoms with E-state index in [1.54, 1.807) is 6.20 Å². The van der Waals surface area contributed by atoms with Crippen LogP contribution in [-0.4, -0.2) is 22.9 Å². The number of rotatable bonds is 1. The summed E-state index contributed by atoms with van der Waals surface area (Å²) in [5.41, 5.74) is 2.58. The van der Waals surface area contributed by atoms with Crippen LogP contribution in [0.15, 0.2) is 46.5 Å². The van der Waals surface area contributed by atoms with Gasteiger partial charge in [-0.1, -0.05) is 0 Å². The van der Waals surface area contributed by atoms with Crippen molar-refractivity contribution in [1.82, 2.24) is 10.3 Å². The number of fused-ring (bicyclic) bond motifs is 1. The number of nitrogens with one attached hydrogen (secondary N) is 1. The second-order valence-electron chi connectivity index (χ2n) is 4.95. The van der Waals surface area contributed by atoms with E-state index in [4.69, 9.17) is 4.74 Å². The zero-order valence-electron chi connectivity index (χ0n) is 10.8. The summed E-state index contributed by atoms with van der Waals surface area (Å²) in [7, 11) is 0. The molecule has 20 heavy (non-hydrogen) atoms. The van der Waals surface area contributed by atoms with E-state index in [2.05, 4.69) is 10.3 Å². The number of hydrogen-bond donors (Lipinski definition) is 1. The van der Waals surface area contributed by atoms with Crippen molar-refractivity contribution in [1.29, 1.82) is 0 Å². The molecule has 0 aromatic carbocycles. The van der Waals surface area contributed by atoms with Gasteiger partial charge in [0.15, 0.2) is 10.8 Å². The maximum Gasteiger partial charge on any atom is 0.287 e. The Labute approximate surface area is 120 Å². The van der Waals surface area contributed by atoms with Gasteiger partial charge in [-0.2, -0.15) is 0 Å². The van der Waals surface area contributed by atoms with Gasteiger partial charge in [-0.15, -0.1) is 11.3 Å². The molecule has 0 fully saturated rings. The summed E-state index contributed by atoms with van der Waals surface area (Å²) >= 11 is 1.51. The summed E-state index contributed by atoms with van der Waals surface area (Å²) in [4.78, 5) is 17.1. The molecule has 6 heteroatoms. The van der Waals surface area contributed by atoms with Crippen molar-refractivity contribution >= 4 is 11.3 Å². The Kier molecular flexibility index (Phi) is 2.70. The van der Waals surface area contributed by atoms with Crippen LogP contribution in [0.2, 0.25) is 0 Å². The first-order valence-corrected chi connectivity index (χ1v) is 7.61. The summed E-state index contributed by atoms with van der Waals surface area (Å²) in [6, 6.07) is -0.375. The number of thiazole rings is 1. The minimum atomic E-state index is -0.375. The molecule has 1 aromatic rings. The first-order valence-electron chi connectivity index (χ1n) is 6.73. The minimum Gasteiger partial charge on any atom is -0.487 e. The van der Waals surface area contributed by atoms with Crippen LogP contribution in [0.3, 0.4) is 0 Å². The highest BCUT2D eigenvalue weighted by molar-refractivity contribution is 7.09. The van der Waals surface area contributed by atoms with Crippen molar-refractivity contribution in [3.05, 3.63) is 56.4 Å². The third-order valence-corrected chi connectivity index (χ3v) is 4.60. The van der Waals surface area contributed by atoms with E-state index < -0.39 is 0 Å². The Morgan fingerprint density at radius 1 is 1.50 bits per heavy atom. The lowest BCUT2D eigenvalue weighted by Crippen LogP contribution is -2.35. The smallest absolute Gasteiger partial charge is 0.287 e. The fraction of sp³-hybridized carbons (Fsp3) is 0.357. The maximum absolute atomic E-state index is 12.8. The second kappa shape index (κ2) is 4.56. The van der Waals surface area contributed by atoms with Gasteiger partial charge >= 0.3 is 0 Å². The molecule has 1 N–H and O–H groups in total. The largest absolute Gasteiger partial charge is 0.487 e. The molecule has 0 amide bonds. The molecule has 5 nitrogen and oxygen atoms in total. The van der Waals surface area contributed by atoms with Crippen molar-refractivity contribution in [3.63, 3.8) is 0 Å². The Balaban J connectivity index is 1.90. The van der Waals surface area contributed by atoms with Crippen LogP contribution in [-0.2, 0) is 4.74 Å². The van der Waals surface area contributed by atoms with Crippen LogP contribution in [0.1, 0.15) is 23.9 Å². The average Bonchev–Trinajstić information content (AvgIpc) is 3.02. The monoisotopic (exact) mass is 288 g/mol. The molecular weight excluding hydrogens is 274 g/mol. The van der Waals surface area contributed by atoms with Gasteiger partial charge in [0.05, 0.1) is 10.3 Å². The van der Waals surface area contributed by atoms with Crippen molar-refractivity contribution < 1.29 is 9.50 Å². The first-order chi connectivity index (χ1) is 9.86. The number of ether oxygens (including phenoxy) is 1. The molecular formula is C14H14N3O2S+. The van der Waals surface area contributed by atoms with Gasteiger partial charge in [0.25, 0.3) is 11.7 Å². The van der Waals surface area contributed by atoms with Crippen LogP contribution in [0.5, 0.6) is 0 Å². The van der Waals surface area contributed by atoms with Crippen LogP contribution in [0, 0.1) is 4.91 Å². The molecule has 0 aliphatic carbocycles. The van der Waals surface area contributed by atoms with Gasteiger partial charge in [-0.05, 0) is 18.6 Å². The van der Waals surface area contributed by atoms with Crippen LogP contribution in [0.4, 0.5) is 0 Å². The highest BCUT2D eigenvalue weighted by Crippen LogP contribution is 2.42. The zero-order chi connectivity index (χ0) is 13.5. The predicted octanol–water partition coefficient (Wildman–Crippen LogP) is 2.41. The normalized spacial score (nSPS) is 25.0. The van der Waals surface area contributed by atoms with E-state index in [1.165, 1.54) is 11.3 Å². The molecule has 3 aliphatic rings. The van der Waals surface area contributed by atoms with E-state index in [0.717, 1.165) is 51.9 Å². The van der Waals surface area contributed by atoms with Crippen molar-refractivity contribution in [3.8, 4) is 0 Å². The van der Waals surface area contributed by atoms with Gasteiger partial charge in [0.1, 0.15) is 12.3 Å². The van der Waals surface area contributed by atoms with E-state index in [1.807, 2.05) is 17.5 Å². The molecule has 4 rings (SSSR count). The summed E-state index contributed by atoms with van der Waals surface area (Å²) < 4.78 is 6.92. The van der Waals surface area contributed by atoms with Crippen molar-refractivity contribution in [2.24, 2.45) is 0 Å². The molecule has 102 valence electrons. The molecule has 1 aromatic heterocycles. The highest BCUT2D eigenvalue weighted by Gasteiger charge is 2.47. The lowest BCUT2D eigenvalue weighted by Gasteiger charge is -2.28. The highest BCUT2D eigenvalue weighted by atomic mass is 32.1. The molecule has 0 saturated heterocycles. The fourth-order valence-corrected chi connectivity index (χ4v) is 3.64. The molecule has 4 heterocycles. The van der Waals surface area contributed by atoms with Gasteiger partial charge in [-0.3, -0.25) is 0 Å². The predicted molar refractivity (Wildman–Crippen MR) is 74.9 cm³/mol. The standard InChI is InChI=1S/C14H14N3O2S/c18-17-10-4-1-5-15-11(10)13-9(3-2-7-19-13)12(17)14-16-6-8-20-14/h2-3,6,8,12,15H,1,4-5,7H2/q+1. The summed E-state index contributed by atoms with van der Waals surface area (Å²) in [5, 5.41) is 6.04. The fourth-order valence-electron chi connectivity index (χ4n) is 2.91.